The zero-order valence-corrected chi connectivity index (χ0v) is 24.8. The summed E-state index contributed by atoms with van der Waals surface area (Å²) in [5.41, 5.74) is 22.0. The number of nitrogens with zero attached hydrogens (tertiary/aromatic N) is 2. The average Bonchev–Trinajstić information content (AvgIpc) is 3.65. The van der Waals surface area contributed by atoms with Crippen molar-refractivity contribution in [1.82, 2.24) is 9.13 Å². The molecule has 2 unspecified atom stereocenters. The van der Waals surface area contributed by atoms with Crippen LogP contribution < -0.4 is 0 Å². The maximum Gasteiger partial charge on any atom is 0.0857 e. The molecule has 0 fully saturated rings. The van der Waals surface area contributed by atoms with Crippen LogP contribution in [0.3, 0.4) is 0 Å². The van der Waals surface area contributed by atoms with Crippen LogP contribution in [0.1, 0.15) is 34.3 Å². The fourth-order valence-corrected chi connectivity index (χ4v) is 10.2. The number of benzene rings is 7. The highest BCUT2D eigenvalue weighted by Crippen LogP contribution is 2.62. The van der Waals surface area contributed by atoms with Gasteiger partial charge in [0.15, 0.2) is 0 Å². The second-order valence-corrected chi connectivity index (χ2v) is 13.5. The van der Waals surface area contributed by atoms with Gasteiger partial charge in [-0.15, -0.1) is 0 Å². The first kappa shape index (κ1) is 22.6. The molecule has 0 saturated heterocycles. The van der Waals surface area contributed by atoms with Gasteiger partial charge < -0.3 is 9.13 Å². The maximum absolute atomic E-state index is 2.73. The van der Waals surface area contributed by atoms with E-state index in [9.17, 15) is 0 Å². The zero-order valence-electron chi connectivity index (χ0n) is 24.8. The molecule has 0 bridgehead atoms. The third kappa shape index (κ3) is 2.21. The van der Waals surface area contributed by atoms with Crippen molar-refractivity contribution in [2.24, 2.45) is 0 Å². The SMILES string of the molecule is c1ccc2c(c1)-c1cccc3c4c5c6c(c7c4n(c13)C2c1ccccc1-7)c1cccc2c1n6C(c1ccccc1-2)c1ccccc1-5. The molecule has 7 aromatic carbocycles. The Morgan fingerprint density at radius 2 is 0.652 bits per heavy atom. The van der Waals surface area contributed by atoms with Crippen LogP contribution in [0.2, 0.25) is 0 Å². The standard InChI is InChI=1S/C44H24N2/c1-5-15-27-23(11-1)29-19-9-21-33-37-36-26-14-4-8-18-32(26)40-28-16-6-2-12-24(28)30-20-10-22-34-38(44(36)46(40)42(30)34)35-25-13-3-7-17-31(25)39(27)45(41(29)33)43(35)37/h1-22,39-40H. The molecule has 46 heavy (non-hydrogen) atoms. The predicted molar refractivity (Wildman–Crippen MR) is 189 cm³/mol. The molecule has 2 nitrogen and oxygen atoms in total. The largest absolute Gasteiger partial charge is 0.328 e. The molecule has 2 heteroatoms. The maximum atomic E-state index is 2.73. The molecule has 2 aromatic heterocycles. The Morgan fingerprint density at radius 1 is 0.304 bits per heavy atom. The summed E-state index contributed by atoms with van der Waals surface area (Å²) in [6.45, 7) is 0. The van der Waals surface area contributed by atoms with Gasteiger partial charge in [0.25, 0.3) is 0 Å². The van der Waals surface area contributed by atoms with Crippen molar-refractivity contribution in [3.63, 3.8) is 0 Å². The average molecular weight is 581 g/mol. The number of hydrogen-bond donors (Lipinski definition) is 0. The lowest BCUT2D eigenvalue weighted by atomic mass is 9.79. The second kappa shape index (κ2) is 7.33. The van der Waals surface area contributed by atoms with Gasteiger partial charge in [-0.2, -0.15) is 0 Å². The topological polar surface area (TPSA) is 9.86 Å². The van der Waals surface area contributed by atoms with Crippen LogP contribution in [0.5, 0.6) is 0 Å². The van der Waals surface area contributed by atoms with E-state index in [1.165, 1.54) is 110 Å². The second-order valence-electron chi connectivity index (χ2n) is 13.5. The number of hydrogen-bond acceptors (Lipinski definition) is 0. The van der Waals surface area contributed by atoms with Crippen molar-refractivity contribution < 1.29 is 0 Å². The van der Waals surface area contributed by atoms with E-state index in [4.69, 9.17) is 0 Å². The fraction of sp³-hybridized carbons (Fsp3) is 0.0455. The molecule has 0 aliphatic carbocycles. The molecule has 210 valence electrons. The number of aromatic nitrogens is 2. The lowest BCUT2D eigenvalue weighted by molar-refractivity contribution is 0.714. The summed E-state index contributed by atoms with van der Waals surface area (Å²) in [6.07, 6.45) is 0. The van der Waals surface area contributed by atoms with Crippen molar-refractivity contribution in [2.75, 3.05) is 0 Å². The Kier molecular flexibility index (Phi) is 3.60. The van der Waals surface area contributed by atoms with Gasteiger partial charge in [-0.3, -0.25) is 0 Å². The van der Waals surface area contributed by atoms with Crippen LogP contribution in [0.25, 0.3) is 88.1 Å². The van der Waals surface area contributed by atoms with Gasteiger partial charge in [0.05, 0.1) is 34.2 Å². The summed E-state index contributed by atoms with van der Waals surface area (Å²) >= 11 is 0. The van der Waals surface area contributed by atoms with Crippen molar-refractivity contribution in [1.29, 1.82) is 0 Å². The van der Waals surface area contributed by atoms with Crippen molar-refractivity contribution in [3.05, 3.63) is 156 Å². The molecular formula is C44H24N2. The van der Waals surface area contributed by atoms with Crippen LogP contribution in [-0.4, -0.2) is 9.13 Å². The molecule has 4 aliphatic rings. The van der Waals surface area contributed by atoms with E-state index in [0.29, 0.717) is 0 Å². The molecule has 0 saturated carbocycles. The summed E-state index contributed by atoms with van der Waals surface area (Å²) in [5, 5.41) is 5.52. The predicted octanol–water partition coefficient (Wildman–Crippen LogP) is 11.1. The Morgan fingerprint density at radius 3 is 1.09 bits per heavy atom. The lowest BCUT2D eigenvalue weighted by Crippen LogP contribution is -2.22. The van der Waals surface area contributed by atoms with Crippen LogP contribution in [0.15, 0.2) is 133 Å². The summed E-state index contributed by atoms with van der Waals surface area (Å²) in [7, 11) is 0. The minimum atomic E-state index is 0.134. The summed E-state index contributed by atoms with van der Waals surface area (Å²) in [6, 6.07) is 51.0. The summed E-state index contributed by atoms with van der Waals surface area (Å²) in [4.78, 5) is 0. The molecule has 0 radical (unpaired) electrons. The van der Waals surface area contributed by atoms with E-state index in [1.807, 2.05) is 0 Å². The van der Waals surface area contributed by atoms with Gasteiger partial charge in [-0.1, -0.05) is 133 Å². The Balaban J connectivity index is 1.40. The van der Waals surface area contributed by atoms with E-state index in [0.717, 1.165) is 0 Å². The molecule has 6 heterocycles. The van der Waals surface area contributed by atoms with Crippen LogP contribution >= 0.6 is 0 Å². The molecule has 0 N–H and O–H groups in total. The van der Waals surface area contributed by atoms with Gasteiger partial charge in [0.1, 0.15) is 0 Å². The summed E-state index contributed by atoms with van der Waals surface area (Å²) in [5.74, 6) is 0. The minimum Gasteiger partial charge on any atom is -0.328 e. The fourth-order valence-electron chi connectivity index (χ4n) is 10.2. The first-order chi connectivity index (χ1) is 22.9. The van der Waals surface area contributed by atoms with E-state index < -0.39 is 0 Å². The van der Waals surface area contributed by atoms with Gasteiger partial charge in [0, 0.05) is 43.8 Å². The normalized spacial score (nSPS) is 17.1. The highest BCUT2D eigenvalue weighted by Gasteiger charge is 2.43. The molecule has 2 atom stereocenters. The van der Waals surface area contributed by atoms with Crippen molar-refractivity contribution in [2.45, 2.75) is 12.1 Å². The Hall–Kier alpha value is -5.86. The van der Waals surface area contributed by atoms with Crippen LogP contribution in [0.4, 0.5) is 0 Å². The van der Waals surface area contributed by atoms with E-state index in [-0.39, 0.29) is 12.1 Å². The molecule has 4 aliphatic heterocycles. The highest BCUT2D eigenvalue weighted by molar-refractivity contribution is 6.35. The third-order valence-electron chi connectivity index (χ3n) is 11.7. The van der Waals surface area contributed by atoms with Gasteiger partial charge in [-0.25, -0.2) is 0 Å². The van der Waals surface area contributed by atoms with Gasteiger partial charge >= 0.3 is 0 Å². The molecule has 0 amide bonds. The first-order valence-corrected chi connectivity index (χ1v) is 16.4. The van der Waals surface area contributed by atoms with E-state index >= 15 is 0 Å². The zero-order chi connectivity index (χ0) is 29.4. The molecular weight excluding hydrogens is 556 g/mol. The molecule has 9 aromatic rings. The van der Waals surface area contributed by atoms with Crippen LogP contribution in [-0.2, 0) is 0 Å². The van der Waals surface area contributed by atoms with Crippen LogP contribution in [0, 0.1) is 0 Å². The summed E-state index contributed by atoms with van der Waals surface area (Å²) < 4.78 is 5.46. The molecule has 13 rings (SSSR count). The minimum absolute atomic E-state index is 0.134. The lowest BCUT2D eigenvalue weighted by Gasteiger charge is -2.36. The number of para-hydroxylation sites is 2. The first-order valence-electron chi connectivity index (χ1n) is 16.4. The smallest absolute Gasteiger partial charge is 0.0857 e. The Bertz CT molecular complexity index is 2730. The molecule has 0 spiro atoms. The van der Waals surface area contributed by atoms with Crippen molar-refractivity contribution >= 4 is 43.6 Å². The third-order valence-corrected chi connectivity index (χ3v) is 11.7. The quantitative estimate of drug-likeness (QED) is 0.169. The van der Waals surface area contributed by atoms with Gasteiger partial charge in [0.2, 0.25) is 0 Å². The Labute approximate surface area is 264 Å². The van der Waals surface area contributed by atoms with Crippen molar-refractivity contribution in [3.8, 4) is 44.5 Å². The number of rotatable bonds is 0. The van der Waals surface area contributed by atoms with Gasteiger partial charge in [-0.05, 0) is 44.5 Å². The monoisotopic (exact) mass is 580 g/mol. The van der Waals surface area contributed by atoms with E-state index in [2.05, 4.69) is 143 Å². The number of fused-ring (bicyclic) bond motifs is 16. The van der Waals surface area contributed by atoms with E-state index in [1.54, 1.807) is 0 Å². The highest BCUT2D eigenvalue weighted by atomic mass is 15.1.